The van der Waals surface area contributed by atoms with Crippen LogP contribution in [0.5, 0.6) is 0 Å². The number of rotatable bonds is 7. The standard InChI is InChI=1S/C16H24N2O3/c1-4-18(11-12(2)3)16(21)17-9-8-13-6-5-7-14(10-13)15(19)20/h5-7,10,12H,4,8-9,11H2,1-3H3,(H,17,21)(H,19,20). The highest BCUT2D eigenvalue weighted by Gasteiger charge is 2.12. The Hall–Kier alpha value is -2.04. The number of carboxylic acid groups (broad SMARTS) is 1. The first-order valence-corrected chi connectivity index (χ1v) is 7.29. The van der Waals surface area contributed by atoms with E-state index in [1.54, 1.807) is 23.1 Å². The quantitative estimate of drug-likeness (QED) is 0.811. The summed E-state index contributed by atoms with van der Waals surface area (Å²) < 4.78 is 0. The number of hydrogen-bond donors (Lipinski definition) is 2. The van der Waals surface area contributed by atoms with Gasteiger partial charge in [0.2, 0.25) is 0 Å². The zero-order chi connectivity index (χ0) is 15.8. The van der Waals surface area contributed by atoms with Gasteiger partial charge in [0.25, 0.3) is 0 Å². The summed E-state index contributed by atoms with van der Waals surface area (Å²) in [6.07, 6.45) is 0.617. The number of hydrogen-bond acceptors (Lipinski definition) is 2. The van der Waals surface area contributed by atoms with Crippen molar-refractivity contribution in [3.05, 3.63) is 35.4 Å². The van der Waals surface area contributed by atoms with Gasteiger partial charge in [-0.1, -0.05) is 26.0 Å². The molecule has 2 amide bonds. The van der Waals surface area contributed by atoms with Crippen molar-refractivity contribution < 1.29 is 14.7 Å². The molecule has 0 spiro atoms. The maximum Gasteiger partial charge on any atom is 0.335 e. The van der Waals surface area contributed by atoms with E-state index in [0.29, 0.717) is 25.4 Å². The van der Waals surface area contributed by atoms with Crippen LogP contribution in [0.2, 0.25) is 0 Å². The molecule has 0 fully saturated rings. The van der Waals surface area contributed by atoms with Crippen molar-refractivity contribution >= 4 is 12.0 Å². The molecule has 0 radical (unpaired) electrons. The molecule has 0 saturated carbocycles. The van der Waals surface area contributed by atoms with Gasteiger partial charge in [-0.15, -0.1) is 0 Å². The zero-order valence-corrected chi connectivity index (χ0v) is 12.9. The van der Waals surface area contributed by atoms with Gasteiger partial charge in [0, 0.05) is 19.6 Å². The molecule has 1 rings (SSSR count). The number of carbonyl (C=O) groups is 2. The summed E-state index contributed by atoms with van der Waals surface area (Å²) in [4.78, 5) is 24.7. The van der Waals surface area contributed by atoms with Crippen molar-refractivity contribution in [3.8, 4) is 0 Å². The summed E-state index contributed by atoms with van der Waals surface area (Å²) in [6, 6.07) is 6.72. The number of amides is 2. The van der Waals surface area contributed by atoms with E-state index in [1.807, 2.05) is 13.0 Å². The molecule has 116 valence electrons. The third-order valence-electron chi connectivity index (χ3n) is 3.12. The van der Waals surface area contributed by atoms with Crippen LogP contribution < -0.4 is 5.32 Å². The molecule has 0 atom stereocenters. The van der Waals surface area contributed by atoms with Gasteiger partial charge >= 0.3 is 12.0 Å². The first kappa shape index (κ1) is 17.0. The van der Waals surface area contributed by atoms with Crippen molar-refractivity contribution in [2.24, 2.45) is 5.92 Å². The van der Waals surface area contributed by atoms with Crippen LogP contribution in [0, 0.1) is 5.92 Å². The van der Waals surface area contributed by atoms with E-state index in [0.717, 1.165) is 12.1 Å². The lowest BCUT2D eigenvalue weighted by atomic mass is 10.1. The third kappa shape index (κ3) is 5.85. The van der Waals surface area contributed by atoms with E-state index in [-0.39, 0.29) is 11.6 Å². The predicted molar refractivity (Wildman–Crippen MR) is 82.6 cm³/mol. The highest BCUT2D eigenvalue weighted by molar-refractivity contribution is 5.87. The molecular weight excluding hydrogens is 268 g/mol. The minimum absolute atomic E-state index is 0.0689. The summed E-state index contributed by atoms with van der Waals surface area (Å²) in [6.45, 7) is 8.02. The first-order valence-electron chi connectivity index (χ1n) is 7.29. The Balaban J connectivity index is 2.47. The molecule has 1 aromatic carbocycles. The van der Waals surface area contributed by atoms with Crippen molar-refractivity contribution in [2.75, 3.05) is 19.6 Å². The molecular formula is C16H24N2O3. The van der Waals surface area contributed by atoms with E-state index >= 15 is 0 Å². The Morgan fingerprint density at radius 2 is 2.05 bits per heavy atom. The Kier molecular flexibility index (Phi) is 6.72. The smallest absolute Gasteiger partial charge is 0.335 e. The minimum atomic E-state index is -0.935. The predicted octanol–water partition coefficient (Wildman–Crippen LogP) is 2.61. The van der Waals surface area contributed by atoms with Crippen LogP contribution in [-0.2, 0) is 6.42 Å². The molecule has 0 aliphatic heterocycles. The molecule has 0 aliphatic rings. The Morgan fingerprint density at radius 1 is 1.33 bits per heavy atom. The minimum Gasteiger partial charge on any atom is -0.478 e. The van der Waals surface area contributed by atoms with Crippen LogP contribution in [0.25, 0.3) is 0 Å². The lowest BCUT2D eigenvalue weighted by molar-refractivity contribution is 0.0696. The van der Waals surface area contributed by atoms with Crippen molar-refractivity contribution in [1.29, 1.82) is 0 Å². The lowest BCUT2D eigenvalue weighted by Gasteiger charge is -2.23. The number of aromatic carboxylic acids is 1. The normalized spacial score (nSPS) is 10.5. The van der Waals surface area contributed by atoms with Gasteiger partial charge in [0.1, 0.15) is 0 Å². The lowest BCUT2D eigenvalue weighted by Crippen LogP contribution is -2.42. The van der Waals surface area contributed by atoms with Crippen molar-refractivity contribution in [1.82, 2.24) is 10.2 Å². The van der Waals surface area contributed by atoms with E-state index < -0.39 is 5.97 Å². The second-order valence-corrected chi connectivity index (χ2v) is 5.42. The van der Waals surface area contributed by atoms with Gasteiger partial charge < -0.3 is 15.3 Å². The second-order valence-electron chi connectivity index (χ2n) is 5.42. The van der Waals surface area contributed by atoms with Gasteiger partial charge in [0.15, 0.2) is 0 Å². The molecule has 0 saturated heterocycles. The SMILES string of the molecule is CCN(CC(C)C)C(=O)NCCc1cccc(C(=O)O)c1. The van der Waals surface area contributed by atoms with Crippen molar-refractivity contribution in [2.45, 2.75) is 27.2 Å². The summed E-state index contributed by atoms with van der Waals surface area (Å²) >= 11 is 0. The maximum absolute atomic E-state index is 12.0. The number of carboxylic acids is 1. The fourth-order valence-corrected chi connectivity index (χ4v) is 2.08. The van der Waals surface area contributed by atoms with Gasteiger partial charge in [0.05, 0.1) is 5.56 Å². The molecule has 21 heavy (non-hydrogen) atoms. The van der Waals surface area contributed by atoms with Crippen LogP contribution in [0.15, 0.2) is 24.3 Å². The fraction of sp³-hybridized carbons (Fsp3) is 0.500. The summed E-state index contributed by atoms with van der Waals surface area (Å²) in [5, 5.41) is 11.8. The molecule has 2 N–H and O–H groups in total. The van der Waals surface area contributed by atoms with Gasteiger partial charge in [-0.3, -0.25) is 0 Å². The fourth-order valence-electron chi connectivity index (χ4n) is 2.08. The van der Waals surface area contributed by atoms with Gasteiger partial charge in [-0.25, -0.2) is 9.59 Å². The van der Waals surface area contributed by atoms with Gasteiger partial charge in [-0.2, -0.15) is 0 Å². The molecule has 0 aromatic heterocycles. The number of carbonyl (C=O) groups excluding carboxylic acids is 1. The monoisotopic (exact) mass is 292 g/mol. The highest BCUT2D eigenvalue weighted by Crippen LogP contribution is 2.06. The van der Waals surface area contributed by atoms with E-state index in [1.165, 1.54) is 0 Å². The van der Waals surface area contributed by atoms with Crippen LogP contribution in [-0.4, -0.2) is 41.6 Å². The maximum atomic E-state index is 12.0. The van der Waals surface area contributed by atoms with Crippen LogP contribution in [0.4, 0.5) is 4.79 Å². The van der Waals surface area contributed by atoms with Crippen LogP contribution in [0.1, 0.15) is 36.7 Å². The second kappa shape index (κ2) is 8.29. The van der Waals surface area contributed by atoms with Crippen LogP contribution >= 0.6 is 0 Å². The molecule has 0 aliphatic carbocycles. The number of urea groups is 1. The number of nitrogens with zero attached hydrogens (tertiary/aromatic N) is 1. The molecule has 0 heterocycles. The average molecular weight is 292 g/mol. The molecule has 0 bridgehead atoms. The summed E-state index contributed by atoms with van der Waals surface area (Å²) in [5.41, 5.74) is 1.18. The Labute approximate surface area is 126 Å². The first-order chi connectivity index (χ1) is 9.93. The third-order valence-corrected chi connectivity index (χ3v) is 3.12. The molecule has 5 nitrogen and oxygen atoms in total. The summed E-state index contributed by atoms with van der Waals surface area (Å²) in [5.74, 6) is -0.502. The van der Waals surface area contributed by atoms with E-state index in [2.05, 4.69) is 19.2 Å². The topological polar surface area (TPSA) is 69.6 Å². The van der Waals surface area contributed by atoms with Gasteiger partial charge in [-0.05, 0) is 37.0 Å². The molecule has 1 aromatic rings. The Bertz CT molecular complexity index is 486. The summed E-state index contributed by atoms with van der Waals surface area (Å²) in [7, 11) is 0. The van der Waals surface area contributed by atoms with E-state index in [9.17, 15) is 9.59 Å². The molecule has 0 unspecified atom stereocenters. The molecule has 5 heteroatoms. The van der Waals surface area contributed by atoms with E-state index in [4.69, 9.17) is 5.11 Å². The largest absolute Gasteiger partial charge is 0.478 e. The van der Waals surface area contributed by atoms with Crippen LogP contribution in [0.3, 0.4) is 0 Å². The zero-order valence-electron chi connectivity index (χ0n) is 12.9. The van der Waals surface area contributed by atoms with Crippen molar-refractivity contribution in [3.63, 3.8) is 0 Å². The highest BCUT2D eigenvalue weighted by atomic mass is 16.4. The Morgan fingerprint density at radius 3 is 2.62 bits per heavy atom. The number of nitrogens with one attached hydrogen (secondary N) is 1. The number of benzene rings is 1. The average Bonchev–Trinajstić information content (AvgIpc) is 2.44.